The van der Waals surface area contributed by atoms with Crippen LogP contribution in [0.15, 0.2) is 18.2 Å². The average molecular weight is 292 g/mol. The number of rotatable bonds is 7. The maximum absolute atomic E-state index is 11.1. The highest BCUT2D eigenvalue weighted by molar-refractivity contribution is 5.48. The Morgan fingerprint density at radius 1 is 1.38 bits per heavy atom. The summed E-state index contributed by atoms with van der Waals surface area (Å²) in [7, 11) is 0. The third kappa shape index (κ3) is 3.92. The molecule has 6 heteroatoms. The summed E-state index contributed by atoms with van der Waals surface area (Å²) >= 11 is 0. The van der Waals surface area contributed by atoms with Crippen LogP contribution in [-0.4, -0.2) is 30.3 Å². The van der Waals surface area contributed by atoms with Gasteiger partial charge in [0, 0.05) is 25.3 Å². The van der Waals surface area contributed by atoms with Crippen LogP contribution in [0.25, 0.3) is 0 Å². The number of nitro groups is 1. The highest BCUT2D eigenvalue weighted by Gasteiger charge is 2.22. The third-order valence-corrected chi connectivity index (χ3v) is 3.84. The minimum Gasteiger partial charge on any atom is -0.484 e. The molecule has 2 aliphatic rings. The summed E-state index contributed by atoms with van der Waals surface area (Å²) < 4.78 is 11.1. The van der Waals surface area contributed by atoms with E-state index in [4.69, 9.17) is 9.47 Å². The first-order valence-corrected chi connectivity index (χ1v) is 7.47. The van der Waals surface area contributed by atoms with Gasteiger partial charge in [0.25, 0.3) is 0 Å². The Kier molecular flexibility index (Phi) is 4.36. The van der Waals surface area contributed by atoms with E-state index in [-0.39, 0.29) is 11.8 Å². The van der Waals surface area contributed by atoms with Gasteiger partial charge in [0.15, 0.2) is 5.75 Å². The van der Waals surface area contributed by atoms with Crippen LogP contribution in [0.2, 0.25) is 0 Å². The van der Waals surface area contributed by atoms with Crippen LogP contribution in [0.5, 0.6) is 5.75 Å². The van der Waals surface area contributed by atoms with Crippen molar-refractivity contribution in [1.82, 2.24) is 5.32 Å². The van der Waals surface area contributed by atoms with Crippen LogP contribution in [0.3, 0.4) is 0 Å². The first kappa shape index (κ1) is 14.3. The average Bonchev–Trinajstić information content (AvgIpc) is 3.16. The molecule has 1 aromatic rings. The predicted octanol–water partition coefficient (Wildman–Crippen LogP) is 2.40. The van der Waals surface area contributed by atoms with E-state index >= 15 is 0 Å². The number of hydrogen-bond donors (Lipinski definition) is 1. The van der Waals surface area contributed by atoms with Gasteiger partial charge in [-0.15, -0.1) is 0 Å². The molecule has 1 saturated carbocycles. The van der Waals surface area contributed by atoms with Gasteiger partial charge in [-0.1, -0.05) is 6.07 Å². The molecule has 2 fully saturated rings. The van der Waals surface area contributed by atoms with E-state index in [1.54, 1.807) is 12.1 Å². The van der Waals surface area contributed by atoms with Crippen LogP contribution >= 0.6 is 0 Å². The van der Waals surface area contributed by atoms with E-state index in [1.165, 1.54) is 18.9 Å². The molecule has 0 radical (unpaired) electrons. The molecule has 1 N–H and O–H groups in total. The van der Waals surface area contributed by atoms with Gasteiger partial charge in [0.05, 0.1) is 11.0 Å². The van der Waals surface area contributed by atoms with Gasteiger partial charge < -0.3 is 14.8 Å². The molecule has 21 heavy (non-hydrogen) atoms. The van der Waals surface area contributed by atoms with E-state index in [9.17, 15) is 10.1 Å². The molecule has 1 aromatic carbocycles. The molecule has 1 unspecified atom stereocenters. The summed E-state index contributed by atoms with van der Waals surface area (Å²) in [6, 6.07) is 5.68. The monoisotopic (exact) mass is 292 g/mol. The molecule has 0 bridgehead atoms. The van der Waals surface area contributed by atoms with Crippen molar-refractivity contribution in [2.45, 2.75) is 44.4 Å². The number of ether oxygens (including phenoxy) is 2. The van der Waals surface area contributed by atoms with Gasteiger partial charge in [-0.25, -0.2) is 0 Å². The van der Waals surface area contributed by atoms with E-state index < -0.39 is 4.92 Å². The second kappa shape index (κ2) is 6.41. The summed E-state index contributed by atoms with van der Waals surface area (Å²) in [4.78, 5) is 10.7. The molecule has 1 heterocycles. The van der Waals surface area contributed by atoms with E-state index in [1.807, 2.05) is 0 Å². The lowest BCUT2D eigenvalue weighted by Crippen LogP contribution is -2.18. The topological polar surface area (TPSA) is 73.6 Å². The lowest BCUT2D eigenvalue weighted by Gasteiger charge is -2.12. The fourth-order valence-electron chi connectivity index (χ4n) is 2.44. The number of nitrogens with one attached hydrogen (secondary N) is 1. The molecule has 0 aromatic heterocycles. The van der Waals surface area contributed by atoms with Crippen molar-refractivity contribution in [3.8, 4) is 5.75 Å². The molecule has 114 valence electrons. The molecule has 0 amide bonds. The summed E-state index contributed by atoms with van der Waals surface area (Å²) in [6.07, 6.45) is 4.47. The number of nitrogens with zero attached hydrogens (tertiary/aromatic N) is 1. The van der Waals surface area contributed by atoms with E-state index in [0.717, 1.165) is 31.6 Å². The maximum Gasteiger partial charge on any atom is 0.310 e. The van der Waals surface area contributed by atoms with Crippen LogP contribution < -0.4 is 10.1 Å². The Morgan fingerprint density at radius 2 is 2.24 bits per heavy atom. The van der Waals surface area contributed by atoms with Gasteiger partial charge in [0.2, 0.25) is 0 Å². The predicted molar refractivity (Wildman–Crippen MR) is 77.4 cm³/mol. The van der Waals surface area contributed by atoms with Crippen molar-refractivity contribution in [1.29, 1.82) is 0 Å². The molecule has 1 atom stereocenters. The fraction of sp³-hybridized carbons (Fsp3) is 0.600. The SMILES string of the molecule is O=[N+]([O-])c1ccc(CNC2CC2)cc1OCC1CCCO1. The summed E-state index contributed by atoms with van der Waals surface area (Å²) in [6.45, 7) is 1.85. The Morgan fingerprint density at radius 3 is 2.90 bits per heavy atom. The molecule has 1 aliphatic heterocycles. The van der Waals surface area contributed by atoms with Gasteiger partial charge >= 0.3 is 5.69 Å². The second-order valence-corrected chi connectivity index (χ2v) is 5.66. The van der Waals surface area contributed by atoms with Crippen molar-refractivity contribution in [3.05, 3.63) is 33.9 Å². The zero-order chi connectivity index (χ0) is 14.7. The molecular weight excluding hydrogens is 272 g/mol. The highest BCUT2D eigenvalue weighted by Crippen LogP contribution is 2.29. The van der Waals surface area contributed by atoms with E-state index in [2.05, 4.69) is 5.32 Å². The smallest absolute Gasteiger partial charge is 0.310 e. The number of benzene rings is 1. The van der Waals surface area contributed by atoms with Crippen LogP contribution in [-0.2, 0) is 11.3 Å². The van der Waals surface area contributed by atoms with Gasteiger partial charge in [0.1, 0.15) is 6.61 Å². The molecule has 1 aliphatic carbocycles. The van der Waals surface area contributed by atoms with Crippen molar-refractivity contribution < 1.29 is 14.4 Å². The zero-order valence-corrected chi connectivity index (χ0v) is 11.9. The summed E-state index contributed by atoms with van der Waals surface area (Å²) in [5.41, 5.74) is 1.03. The molecule has 6 nitrogen and oxygen atoms in total. The number of nitro benzene ring substituents is 1. The van der Waals surface area contributed by atoms with Gasteiger partial charge in [-0.3, -0.25) is 10.1 Å². The van der Waals surface area contributed by atoms with Crippen LogP contribution in [0.1, 0.15) is 31.2 Å². The van der Waals surface area contributed by atoms with E-state index in [0.29, 0.717) is 18.4 Å². The van der Waals surface area contributed by atoms with Crippen molar-refractivity contribution in [2.24, 2.45) is 0 Å². The second-order valence-electron chi connectivity index (χ2n) is 5.66. The quantitative estimate of drug-likeness (QED) is 0.617. The summed E-state index contributed by atoms with van der Waals surface area (Å²) in [5, 5.41) is 14.5. The van der Waals surface area contributed by atoms with Crippen molar-refractivity contribution in [2.75, 3.05) is 13.2 Å². The lowest BCUT2D eigenvalue weighted by molar-refractivity contribution is -0.385. The van der Waals surface area contributed by atoms with Crippen LogP contribution in [0, 0.1) is 10.1 Å². The molecule has 1 saturated heterocycles. The molecule has 0 spiro atoms. The lowest BCUT2D eigenvalue weighted by atomic mass is 10.2. The van der Waals surface area contributed by atoms with Crippen molar-refractivity contribution >= 4 is 5.69 Å². The third-order valence-electron chi connectivity index (χ3n) is 3.84. The Balaban J connectivity index is 1.66. The highest BCUT2D eigenvalue weighted by atomic mass is 16.6. The standard InChI is InChI=1S/C15H20N2O4/c18-17(19)14-6-3-11(9-16-12-4-5-12)8-15(14)21-10-13-2-1-7-20-13/h3,6,8,12-13,16H,1-2,4-5,7,9-10H2. The molecule has 3 rings (SSSR count). The van der Waals surface area contributed by atoms with Gasteiger partial charge in [-0.2, -0.15) is 0 Å². The number of hydrogen-bond acceptors (Lipinski definition) is 5. The van der Waals surface area contributed by atoms with Crippen molar-refractivity contribution in [3.63, 3.8) is 0 Å². The Hall–Kier alpha value is -1.66. The first-order valence-electron chi connectivity index (χ1n) is 7.47. The maximum atomic E-state index is 11.1. The fourth-order valence-corrected chi connectivity index (χ4v) is 2.44. The zero-order valence-electron chi connectivity index (χ0n) is 11.9. The van der Waals surface area contributed by atoms with Crippen LogP contribution in [0.4, 0.5) is 5.69 Å². The summed E-state index contributed by atoms with van der Waals surface area (Å²) in [5.74, 6) is 0.339. The molecular formula is C15H20N2O4. The largest absolute Gasteiger partial charge is 0.484 e. The van der Waals surface area contributed by atoms with Gasteiger partial charge in [-0.05, 0) is 37.3 Å². The Bertz CT molecular complexity index is 510. The minimum absolute atomic E-state index is 0.0168. The Labute approximate surface area is 123 Å². The normalized spacial score (nSPS) is 21.4. The minimum atomic E-state index is -0.400. The first-order chi connectivity index (χ1) is 10.2.